The van der Waals surface area contributed by atoms with E-state index in [0.717, 1.165) is 0 Å². The monoisotopic (exact) mass is 381 g/mol. The molecule has 0 bridgehead atoms. The van der Waals surface area contributed by atoms with Gasteiger partial charge in [0.15, 0.2) is 0 Å². The summed E-state index contributed by atoms with van der Waals surface area (Å²) in [5, 5.41) is 2.73. The average molecular weight is 381 g/mol. The van der Waals surface area contributed by atoms with Crippen molar-refractivity contribution in [2.24, 2.45) is 0 Å². The number of hydrogen-bond donors (Lipinski definition) is 1. The number of carbonyl (C=O) groups is 1. The maximum Gasteiger partial charge on any atom is 0.254 e. The molecule has 0 unspecified atom stereocenters. The first-order valence-electron chi connectivity index (χ1n) is 8.80. The molecule has 1 aromatic heterocycles. The van der Waals surface area contributed by atoms with E-state index in [9.17, 15) is 14.0 Å². The molecule has 1 N–H and O–H groups in total. The number of hydrogen-bond acceptors (Lipinski definition) is 4. The van der Waals surface area contributed by atoms with Crippen molar-refractivity contribution in [2.75, 3.05) is 12.4 Å². The fourth-order valence-corrected chi connectivity index (χ4v) is 2.78. The summed E-state index contributed by atoms with van der Waals surface area (Å²) in [6.45, 7) is 1.62. The van der Waals surface area contributed by atoms with Gasteiger partial charge in [-0.2, -0.15) is 0 Å². The number of aromatic nitrogens is 2. The molecule has 144 valence electrons. The molecule has 0 aliphatic carbocycles. The topological polar surface area (TPSA) is 73.2 Å². The minimum atomic E-state index is -0.443. The second-order valence-corrected chi connectivity index (χ2v) is 6.14. The third kappa shape index (κ3) is 4.43. The van der Waals surface area contributed by atoms with E-state index in [0.29, 0.717) is 29.1 Å². The summed E-state index contributed by atoms with van der Waals surface area (Å²) < 4.78 is 20.1. The van der Waals surface area contributed by atoms with Gasteiger partial charge in [0, 0.05) is 29.1 Å². The SMILES string of the molecule is CCc1cc(=O)n(CC(=O)Nc2cccc(OC)c2)c(-c2cccc(F)c2)n1. The minimum Gasteiger partial charge on any atom is -0.497 e. The Morgan fingerprint density at radius 1 is 1.18 bits per heavy atom. The van der Waals surface area contributed by atoms with Crippen LogP contribution in [0.1, 0.15) is 12.6 Å². The number of methoxy groups -OCH3 is 1. The molecule has 3 aromatic rings. The molecule has 0 atom stereocenters. The van der Waals surface area contributed by atoms with E-state index in [1.54, 1.807) is 30.3 Å². The van der Waals surface area contributed by atoms with Gasteiger partial charge in [-0.25, -0.2) is 9.37 Å². The van der Waals surface area contributed by atoms with Gasteiger partial charge in [-0.15, -0.1) is 0 Å². The molecule has 0 saturated heterocycles. The molecule has 2 aromatic carbocycles. The van der Waals surface area contributed by atoms with Crippen LogP contribution in [0.4, 0.5) is 10.1 Å². The van der Waals surface area contributed by atoms with Crippen LogP contribution in [-0.2, 0) is 17.8 Å². The highest BCUT2D eigenvalue weighted by atomic mass is 19.1. The molecule has 7 heteroatoms. The Morgan fingerprint density at radius 2 is 1.96 bits per heavy atom. The molecular weight excluding hydrogens is 361 g/mol. The number of benzene rings is 2. The first kappa shape index (κ1) is 19.3. The summed E-state index contributed by atoms with van der Waals surface area (Å²) in [4.78, 5) is 29.6. The fourth-order valence-electron chi connectivity index (χ4n) is 2.78. The summed E-state index contributed by atoms with van der Waals surface area (Å²) >= 11 is 0. The molecule has 6 nitrogen and oxygen atoms in total. The van der Waals surface area contributed by atoms with Gasteiger partial charge in [-0.1, -0.05) is 25.1 Å². The second kappa shape index (κ2) is 8.47. The van der Waals surface area contributed by atoms with Crippen molar-refractivity contribution in [1.82, 2.24) is 9.55 Å². The smallest absolute Gasteiger partial charge is 0.254 e. The van der Waals surface area contributed by atoms with Gasteiger partial charge >= 0.3 is 0 Å². The van der Waals surface area contributed by atoms with Gasteiger partial charge < -0.3 is 10.1 Å². The first-order valence-corrected chi connectivity index (χ1v) is 8.80. The lowest BCUT2D eigenvalue weighted by Crippen LogP contribution is -2.30. The minimum absolute atomic E-state index is 0.251. The van der Waals surface area contributed by atoms with Gasteiger partial charge in [0.05, 0.1) is 7.11 Å². The number of rotatable bonds is 6. The highest BCUT2D eigenvalue weighted by molar-refractivity contribution is 5.91. The van der Waals surface area contributed by atoms with Crippen LogP contribution >= 0.6 is 0 Å². The van der Waals surface area contributed by atoms with E-state index in [-0.39, 0.29) is 17.9 Å². The van der Waals surface area contributed by atoms with E-state index < -0.39 is 11.7 Å². The maximum atomic E-state index is 13.7. The van der Waals surface area contributed by atoms with Gasteiger partial charge in [-0.05, 0) is 30.7 Å². The first-order chi connectivity index (χ1) is 13.5. The van der Waals surface area contributed by atoms with Crippen molar-refractivity contribution >= 4 is 11.6 Å². The van der Waals surface area contributed by atoms with E-state index in [4.69, 9.17) is 4.74 Å². The second-order valence-electron chi connectivity index (χ2n) is 6.14. The van der Waals surface area contributed by atoms with Crippen LogP contribution < -0.4 is 15.6 Å². The molecule has 28 heavy (non-hydrogen) atoms. The van der Waals surface area contributed by atoms with Crippen molar-refractivity contribution < 1.29 is 13.9 Å². The Labute approximate surface area is 161 Å². The Bertz CT molecular complexity index is 1060. The summed E-state index contributed by atoms with van der Waals surface area (Å²) in [6, 6.07) is 14.1. The molecule has 1 heterocycles. The van der Waals surface area contributed by atoms with Crippen LogP contribution in [0.15, 0.2) is 59.4 Å². The molecule has 0 aliphatic rings. The third-order valence-electron chi connectivity index (χ3n) is 4.16. The molecular formula is C21H20FN3O3. The molecule has 0 spiro atoms. The number of anilines is 1. The van der Waals surface area contributed by atoms with Crippen LogP contribution in [0.3, 0.4) is 0 Å². The number of nitrogens with zero attached hydrogens (tertiary/aromatic N) is 2. The quantitative estimate of drug-likeness (QED) is 0.711. The van der Waals surface area contributed by atoms with E-state index in [1.165, 1.54) is 35.9 Å². The van der Waals surface area contributed by atoms with Crippen LogP contribution in [0, 0.1) is 5.82 Å². The van der Waals surface area contributed by atoms with Gasteiger partial charge in [0.1, 0.15) is 23.9 Å². The van der Waals surface area contributed by atoms with Crippen molar-refractivity contribution in [3.63, 3.8) is 0 Å². The van der Waals surface area contributed by atoms with Crippen LogP contribution in [0.2, 0.25) is 0 Å². The normalized spacial score (nSPS) is 10.5. The van der Waals surface area contributed by atoms with Crippen LogP contribution in [0.25, 0.3) is 11.4 Å². The highest BCUT2D eigenvalue weighted by Gasteiger charge is 2.14. The van der Waals surface area contributed by atoms with Gasteiger partial charge in [0.2, 0.25) is 5.91 Å². The lowest BCUT2D eigenvalue weighted by atomic mass is 10.2. The fraction of sp³-hybridized carbons (Fsp3) is 0.190. The standard InChI is InChI=1S/C21H20FN3O3/c1-3-16-12-20(27)25(21(24-16)14-6-4-7-15(22)10-14)13-19(26)23-17-8-5-9-18(11-17)28-2/h4-12H,3,13H2,1-2H3,(H,23,26). The number of aryl methyl sites for hydroxylation is 1. The van der Waals surface area contributed by atoms with Crippen LogP contribution in [0.5, 0.6) is 5.75 Å². The van der Waals surface area contributed by atoms with Crippen molar-refractivity contribution in [1.29, 1.82) is 0 Å². The van der Waals surface area contributed by atoms with Crippen molar-refractivity contribution in [3.8, 4) is 17.1 Å². The highest BCUT2D eigenvalue weighted by Crippen LogP contribution is 2.19. The summed E-state index contributed by atoms with van der Waals surface area (Å²) in [5.74, 6) is 0.00844. The largest absolute Gasteiger partial charge is 0.497 e. The van der Waals surface area contributed by atoms with E-state index in [1.807, 2.05) is 6.92 Å². The number of carbonyl (C=O) groups excluding carboxylic acids is 1. The number of amides is 1. The van der Waals surface area contributed by atoms with Gasteiger partial charge in [-0.3, -0.25) is 14.2 Å². The molecule has 0 saturated carbocycles. The van der Waals surface area contributed by atoms with E-state index >= 15 is 0 Å². The molecule has 0 radical (unpaired) electrons. The Morgan fingerprint density at radius 3 is 2.68 bits per heavy atom. The predicted octanol–water partition coefficient (Wildman–Crippen LogP) is 3.26. The summed E-state index contributed by atoms with van der Waals surface area (Å²) in [7, 11) is 1.53. The molecule has 3 rings (SSSR count). The third-order valence-corrected chi connectivity index (χ3v) is 4.16. The lowest BCUT2D eigenvalue weighted by molar-refractivity contribution is -0.116. The lowest BCUT2D eigenvalue weighted by Gasteiger charge is -2.14. The maximum absolute atomic E-state index is 13.7. The molecule has 0 fully saturated rings. The molecule has 1 amide bonds. The zero-order valence-electron chi connectivity index (χ0n) is 15.6. The Hall–Kier alpha value is -3.48. The Kier molecular flexibility index (Phi) is 5.84. The van der Waals surface area contributed by atoms with Gasteiger partial charge in [0.25, 0.3) is 5.56 Å². The number of ether oxygens (including phenoxy) is 1. The zero-order chi connectivity index (χ0) is 20.1. The zero-order valence-corrected chi connectivity index (χ0v) is 15.6. The summed E-state index contributed by atoms with van der Waals surface area (Å²) in [6.07, 6.45) is 0.550. The summed E-state index contributed by atoms with van der Waals surface area (Å²) in [5.41, 5.74) is 1.19. The number of nitrogens with one attached hydrogen (secondary N) is 1. The Balaban J connectivity index is 1.94. The van der Waals surface area contributed by atoms with Crippen LogP contribution in [-0.4, -0.2) is 22.6 Å². The van der Waals surface area contributed by atoms with E-state index in [2.05, 4.69) is 10.3 Å². The predicted molar refractivity (Wildman–Crippen MR) is 105 cm³/mol. The van der Waals surface area contributed by atoms with Crippen molar-refractivity contribution in [2.45, 2.75) is 19.9 Å². The van der Waals surface area contributed by atoms with Crippen molar-refractivity contribution in [3.05, 3.63) is 76.5 Å². The molecule has 0 aliphatic heterocycles. The average Bonchev–Trinajstić information content (AvgIpc) is 2.69. The number of halogens is 1.